The first-order valence-electron chi connectivity index (χ1n) is 21.1. The maximum absolute atomic E-state index is 12.2. The average Bonchev–Trinajstić information content (AvgIpc) is 3.89. The van der Waals surface area contributed by atoms with Gasteiger partial charge in [-0.25, -0.2) is 0 Å². The number of hydrogen-bond donors (Lipinski definition) is 1. The SMILES string of the molecule is C=C(C)C(=O)Nc1ccc(-c2ccc(N(c3ccc(-c4ccc5c(c4)c4ccccc4n5-c4ccccc4)cc3)c3ccc(-c4cccc5c4oc4ccccc45)cc3)cc2)cc1. The van der Waals surface area contributed by atoms with Crippen molar-refractivity contribution in [1.82, 2.24) is 4.57 Å². The fourth-order valence-electron chi connectivity index (χ4n) is 8.81. The van der Waals surface area contributed by atoms with Crippen molar-refractivity contribution in [3.05, 3.63) is 224 Å². The fourth-order valence-corrected chi connectivity index (χ4v) is 8.81. The van der Waals surface area contributed by atoms with Gasteiger partial charge in [-0.05, 0) is 120 Å². The number of aromatic nitrogens is 1. The molecule has 5 nitrogen and oxygen atoms in total. The molecule has 0 aliphatic rings. The fraction of sp³-hybridized carbons (Fsp3) is 0.0172. The molecule has 5 heteroatoms. The molecule has 63 heavy (non-hydrogen) atoms. The van der Waals surface area contributed by atoms with E-state index < -0.39 is 0 Å². The summed E-state index contributed by atoms with van der Waals surface area (Å²) < 4.78 is 8.76. The molecule has 2 aromatic heterocycles. The maximum Gasteiger partial charge on any atom is 0.250 e. The van der Waals surface area contributed by atoms with Gasteiger partial charge in [0.05, 0.1) is 11.0 Å². The minimum Gasteiger partial charge on any atom is -0.455 e. The summed E-state index contributed by atoms with van der Waals surface area (Å²) in [6, 6.07) is 74.7. The van der Waals surface area contributed by atoms with Gasteiger partial charge in [-0.1, -0.05) is 134 Å². The van der Waals surface area contributed by atoms with E-state index >= 15 is 0 Å². The molecule has 2 heterocycles. The molecule has 0 atom stereocenters. The number of benzene rings is 9. The number of nitrogens with zero attached hydrogens (tertiary/aromatic N) is 2. The number of carbonyl (C=O) groups excluding carboxylic acids is 1. The third kappa shape index (κ3) is 6.82. The number of para-hydroxylation sites is 4. The van der Waals surface area contributed by atoms with Crippen LogP contribution in [0.5, 0.6) is 0 Å². The topological polar surface area (TPSA) is 50.4 Å². The van der Waals surface area contributed by atoms with E-state index in [1.807, 2.05) is 36.4 Å². The Labute approximate surface area is 365 Å². The molecule has 0 radical (unpaired) electrons. The van der Waals surface area contributed by atoms with Crippen molar-refractivity contribution in [1.29, 1.82) is 0 Å². The Morgan fingerprint density at radius 1 is 0.492 bits per heavy atom. The van der Waals surface area contributed by atoms with E-state index in [2.05, 4.69) is 197 Å². The Kier molecular flexibility index (Phi) is 9.28. The highest BCUT2D eigenvalue weighted by Gasteiger charge is 2.17. The largest absolute Gasteiger partial charge is 0.455 e. The smallest absolute Gasteiger partial charge is 0.250 e. The first-order valence-corrected chi connectivity index (χ1v) is 21.1. The van der Waals surface area contributed by atoms with Crippen LogP contribution in [0, 0.1) is 0 Å². The molecule has 0 bridgehead atoms. The average molecular weight is 812 g/mol. The zero-order chi connectivity index (χ0) is 42.4. The van der Waals surface area contributed by atoms with E-state index in [1.54, 1.807) is 6.92 Å². The third-order valence-electron chi connectivity index (χ3n) is 12.0. The van der Waals surface area contributed by atoms with E-state index in [9.17, 15) is 4.79 Å². The van der Waals surface area contributed by atoms with Crippen LogP contribution in [0.2, 0.25) is 0 Å². The molecule has 0 aliphatic heterocycles. The number of nitrogens with one attached hydrogen (secondary N) is 1. The summed E-state index contributed by atoms with van der Waals surface area (Å²) in [6.07, 6.45) is 0. The van der Waals surface area contributed by atoms with Crippen molar-refractivity contribution >= 4 is 72.4 Å². The first kappa shape index (κ1) is 37.6. The minimum atomic E-state index is -0.187. The summed E-state index contributed by atoms with van der Waals surface area (Å²) in [5.74, 6) is -0.187. The number of carbonyl (C=O) groups is 1. The number of furan rings is 1. The van der Waals surface area contributed by atoms with Crippen LogP contribution < -0.4 is 10.2 Å². The van der Waals surface area contributed by atoms with E-state index in [4.69, 9.17) is 4.42 Å². The van der Waals surface area contributed by atoms with Crippen molar-refractivity contribution < 1.29 is 9.21 Å². The monoisotopic (exact) mass is 811 g/mol. The van der Waals surface area contributed by atoms with Gasteiger partial charge in [-0.2, -0.15) is 0 Å². The van der Waals surface area contributed by atoms with Crippen molar-refractivity contribution in [2.45, 2.75) is 6.92 Å². The van der Waals surface area contributed by atoms with Gasteiger partial charge >= 0.3 is 0 Å². The van der Waals surface area contributed by atoms with Crippen LogP contribution in [0.3, 0.4) is 0 Å². The van der Waals surface area contributed by atoms with Crippen LogP contribution in [0.4, 0.5) is 22.7 Å². The second-order valence-electron chi connectivity index (χ2n) is 16.0. The summed E-state index contributed by atoms with van der Waals surface area (Å²) in [7, 11) is 0. The number of hydrogen-bond acceptors (Lipinski definition) is 3. The Hall–Kier alpha value is -8.41. The second-order valence-corrected chi connectivity index (χ2v) is 16.0. The van der Waals surface area contributed by atoms with E-state index in [0.29, 0.717) is 5.57 Å². The zero-order valence-electron chi connectivity index (χ0n) is 34.6. The molecule has 1 amide bonds. The maximum atomic E-state index is 12.2. The van der Waals surface area contributed by atoms with E-state index in [1.165, 1.54) is 21.8 Å². The zero-order valence-corrected chi connectivity index (χ0v) is 34.6. The quantitative estimate of drug-likeness (QED) is 0.148. The van der Waals surface area contributed by atoms with Gasteiger partial charge in [0.15, 0.2) is 0 Å². The van der Waals surface area contributed by atoms with Crippen molar-refractivity contribution in [3.63, 3.8) is 0 Å². The van der Waals surface area contributed by atoms with Gasteiger partial charge in [0.25, 0.3) is 5.91 Å². The highest BCUT2D eigenvalue weighted by atomic mass is 16.3. The Bertz CT molecular complexity index is 3490. The molecule has 0 aliphatic carbocycles. The van der Waals surface area contributed by atoms with Crippen LogP contribution in [0.1, 0.15) is 6.92 Å². The van der Waals surface area contributed by atoms with E-state index in [0.717, 1.165) is 83.8 Å². The Morgan fingerprint density at radius 3 is 1.68 bits per heavy atom. The number of anilines is 4. The molecule has 11 rings (SSSR count). The van der Waals surface area contributed by atoms with Crippen molar-refractivity contribution in [3.8, 4) is 39.1 Å². The summed E-state index contributed by atoms with van der Waals surface area (Å²) in [5.41, 5.74) is 16.2. The lowest BCUT2D eigenvalue weighted by molar-refractivity contribution is -0.112. The van der Waals surface area contributed by atoms with Crippen molar-refractivity contribution in [2.24, 2.45) is 0 Å². The van der Waals surface area contributed by atoms with Crippen molar-refractivity contribution in [2.75, 3.05) is 10.2 Å². The molecule has 0 spiro atoms. The normalized spacial score (nSPS) is 11.4. The molecule has 0 unspecified atom stereocenters. The molecule has 9 aromatic carbocycles. The first-order chi connectivity index (χ1) is 31.0. The molecule has 0 saturated heterocycles. The van der Waals surface area contributed by atoms with E-state index in [-0.39, 0.29) is 5.91 Å². The summed E-state index contributed by atoms with van der Waals surface area (Å²) >= 11 is 0. The van der Waals surface area contributed by atoms with Gasteiger partial charge in [-0.15, -0.1) is 0 Å². The van der Waals surface area contributed by atoms with Gasteiger partial charge < -0.3 is 19.2 Å². The highest BCUT2D eigenvalue weighted by molar-refractivity contribution is 6.11. The van der Waals surface area contributed by atoms with Gasteiger partial charge in [0, 0.05) is 61.1 Å². The molecular formula is C58H41N3O2. The van der Waals surface area contributed by atoms with Crippen LogP contribution in [0.15, 0.2) is 229 Å². The summed E-state index contributed by atoms with van der Waals surface area (Å²) in [5, 5.41) is 7.58. The van der Waals surface area contributed by atoms with Crippen LogP contribution in [-0.2, 0) is 4.79 Å². The standard InChI is InChI=1S/C58H41N3O2/c1-38(2)58(62)59-44-28-19-39(20-29-44)40-21-30-46(31-22-40)60(48-34-25-42(26-35-48)49-15-10-16-52-51-14-7-9-18-56(51)63-57(49)52)47-32-23-41(24-33-47)43-27-36-55-53(37-43)50-13-6-8-17-54(50)61(55)45-11-4-3-5-12-45/h3-37H,1H2,2H3,(H,59,62). The molecule has 1 N–H and O–H groups in total. The second kappa shape index (κ2) is 15.6. The van der Waals surface area contributed by atoms with Crippen LogP contribution in [-0.4, -0.2) is 10.5 Å². The number of fused-ring (bicyclic) bond motifs is 6. The Morgan fingerprint density at radius 2 is 1.02 bits per heavy atom. The third-order valence-corrected chi connectivity index (χ3v) is 12.0. The number of rotatable bonds is 9. The van der Waals surface area contributed by atoms with Crippen LogP contribution in [0.25, 0.3) is 82.8 Å². The van der Waals surface area contributed by atoms with Gasteiger partial charge in [-0.3, -0.25) is 4.79 Å². The molecule has 11 aromatic rings. The predicted molar refractivity (Wildman–Crippen MR) is 262 cm³/mol. The van der Waals surface area contributed by atoms with Gasteiger partial charge in [0.2, 0.25) is 0 Å². The lowest BCUT2D eigenvalue weighted by Gasteiger charge is -2.26. The highest BCUT2D eigenvalue weighted by Crippen LogP contribution is 2.41. The molecule has 300 valence electrons. The molecule has 0 fully saturated rings. The lowest BCUT2D eigenvalue weighted by Crippen LogP contribution is -2.11. The van der Waals surface area contributed by atoms with Crippen LogP contribution >= 0.6 is 0 Å². The summed E-state index contributed by atoms with van der Waals surface area (Å²) in [4.78, 5) is 14.5. The molecular weight excluding hydrogens is 771 g/mol. The lowest BCUT2D eigenvalue weighted by atomic mass is 10.0. The molecule has 0 saturated carbocycles. The Balaban J connectivity index is 0.958. The predicted octanol–water partition coefficient (Wildman–Crippen LogP) is 15.7. The minimum absolute atomic E-state index is 0.187. The van der Waals surface area contributed by atoms with Gasteiger partial charge in [0.1, 0.15) is 11.2 Å². The summed E-state index contributed by atoms with van der Waals surface area (Å²) in [6.45, 7) is 5.45. The number of amides is 1.